The summed E-state index contributed by atoms with van der Waals surface area (Å²) in [7, 11) is 0. The zero-order valence-corrected chi connectivity index (χ0v) is 14.7. The highest BCUT2D eigenvalue weighted by Crippen LogP contribution is 2.36. The highest BCUT2D eigenvalue weighted by Gasteiger charge is 2.44. The normalized spacial score (nSPS) is 16.9. The molecule has 148 valence electrons. The standard InChI is InChI=1S/C18H13F3N6O2/c19-18(20,21)16-15(29-9-24-16)17(28)27-6-4-10-13(23-8-22-10)14(27)11-7-26-5-2-1-3-12(26)25-11/h1-3,5,7-9,14H,4,6H2,(H,22,23)/t14-/m0/s1. The van der Waals surface area contributed by atoms with Gasteiger partial charge in [0.2, 0.25) is 5.76 Å². The molecule has 4 aromatic heterocycles. The summed E-state index contributed by atoms with van der Waals surface area (Å²) in [5.74, 6) is -1.75. The molecule has 0 saturated heterocycles. The molecule has 1 N–H and O–H groups in total. The molecule has 8 nitrogen and oxygen atoms in total. The number of pyridine rings is 1. The minimum absolute atomic E-state index is 0.171. The highest BCUT2D eigenvalue weighted by atomic mass is 19.4. The number of nitrogens with zero attached hydrogens (tertiary/aromatic N) is 5. The zero-order valence-electron chi connectivity index (χ0n) is 14.7. The fourth-order valence-corrected chi connectivity index (χ4v) is 3.61. The van der Waals surface area contributed by atoms with Crippen molar-refractivity contribution in [3.63, 3.8) is 0 Å². The van der Waals surface area contributed by atoms with Gasteiger partial charge in [-0.15, -0.1) is 0 Å². The van der Waals surface area contributed by atoms with Gasteiger partial charge < -0.3 is 18.7 Å². The van der Waals surface area contributed by atoms with Crippen molar-refractivity contribution in [1.29, 1.82) is 0 Å². The van der Waals surface area contributed by atoms with Gasteiger partial charge in [0, 0.05) is 31.1 Å². The number of aromatic amines is 1. The lowest BCUT2D eigenvalue weighted by Crippen LogP contribution is -2.41. The Kier molecular flexibility index (Phi) is 3.73. The molecule has 0 fully saturated rings. The van der Waals surface area contributed by atoms with Crippen LogP contribution in [0.4, 0.5) is 13.2 Å². The Labute approximate surface area is 161 Å². The Hall–Kier alpha value is -3.63. The number of rotatable bonds is 2. The van der Waals surface area contributed by atoms with Crippen LogP contribution in [0.25, 0.3) is 5.65 Å². The van der Waals surface area contributed by atoms with Crippen LogP contribution in [0.15, 0.2) is 47.7 Å². The number of H-pyrrole nitrogens is 1. The van der Waals surface area contributed by atoms with Crippen LogP contribution in [-0.2, 0) is 12.6 Å². The van der Waals surface area contributed by atoms with Gasteiger partial charge in [0.15, 0.2) is 12.1 Å². The lowest BCUT2D eigenvalue weighted by Gasteiger charge is -2.33. The van der Waals surface area contributed by atoms with E-state index in [2.05, 4.69) is 19.9 Å². The Bertz CT molecular complexity index is 1170. The fraction of sp³-hybridized carbons (Fsp3) is 0.222. The van der Waals surface area contributed by atoms with Crippen molar-refractivity contribution in [2.75, 3.05) is 6.54 Å². The van der Waals surface area contributed by atoms with E-state index in [1.165, 1.54) is 11.2 Å². The maximum atomic E-state index is 13.2. The van der Waals surface area contributed by atoms with Gasteiger partial charge in [0.1, 0.15) is 11.7 Å². The van der Waals surface area contributed by atoms with E-state index in [0.717, 1.165) is 5.69 Å². The monoisotopic (exact) mass is 402 g/mol. The molecule has 1 amide bonds. The largest absolute Gasteiger partial charge is 0.438 e. The number of imidazole rings is 2. The lowest BCUT2D eigenvalue weighted by molar-refractivity contribution is -0.141. The van der Waals surface area contributed by atoms with E-state index in [1.807, 2.05) is 12.1 Å². The Morgan fingerprint density at radius 2 is 2.14 bits per heavy atom. The number of amides is 1. The van der Waals surface area contributed by atoms with Gasteiger partial charge in [0.25, 0.3) is 5.91 Å². The fourth-order valence-electron chi connectivity index (χ4n) is 3.61. The smallest absolute Gasteiger partial charge is 0.437 e. The number of carbonyl (C=O) groups excluding carboxylic acids is 1. The van der Waals surface area contributed by atoms with Crippen LogP contribution in [0.2, 0.25) is 0 Å². The Balaban J connectivity index is 1.62. The van der Waals surface area contributed by atoms with E-state index in [9.17, 15) is 18.0 Å². The van der Waals surface area contributed by atoms with Gasteiger partial charge in [-0.3, -0.25) is 4.79 Å². The predicted octanol–water partition coefficient (Wildman–Crippen LogP) is 2.85. The van der Waals surface area contributed by atoms with Crippen LogP contribution in [0.1, 0.15) is 39.4 Å². The molecule has 4 aromatic rings. The summed E-state index contributed by atoms with van der Waals surface area (Å²) in [4.78, 5) is 29.4. The van der Waals surface area contributed by atoms with Gasteiger partial charge in [-0.1, -0.05) is 6.07 Å². The number of nitrogens with one attached hydrogen (secondary N) is 1. The zero-order chi connectivity index (χ0) is 20.2. The second-order valence-corrected chi connectivity index (χ2v) is 6.58. The number of fused-ring (bicyclic) bond motifs is 2. The van der Waals surface area contributed by atoms with Crippen LogP contribution in [-0.4, -0.2) is 41.7 Å². The van der Waals surface area contributed by atoms with Gasteiger partial charge in [0.05, 0.1) is 17.7 Å². The molecular weight excluding hydrogens is 389 g/mol. The van der Waals surface area contributed by atoms with Crippen molar-refractivity contribution >= 4 is 11.6 Å². The van der Waals surface area contributed by atoms with Crippen molar-refractivity contribution in [3.05, 3.63) is 71.8 Å². The maximum absolute atomic E-state index is 13.2. The summed E-state index contributed by atoms with van der Waals surface area (Å²) < 4.78 is 46.3. The summed E-state index contributed by atoms with van der Waals surface area (Å²) in [5.41, 5.74) is 1.15. The molecule has 29 heavy (non-hydrogen) atoms. The van der Waals surface area contributed by atoms with Gasteiger partial charge in [-0.25, -0.2) is 15.0 Å². The number of aromatic nitrogens is 5. The molecule has 0 bridgehead atoms. The Morgan fingerprint density at radius 1 is 1.28 bits per heavy atom. The van der Waals surface area contributed by atoms with Crippen LogP contribution < -0.4 is 0 Å². The summed E-state index contributed by atoms with van der Waals surface area (Å²) in [6, 6.07) is 4.68. The molecule has 0 unspecified atom stereocenters. The molecule has 5 heterocycles. The first-order valence-electron chi connectivity index (χ1n) is 8.71. The molecular formula is C18H13F3N6O2. The average molecular weight is 402 g/mol. The molecule has 0 aromatic carbocycles. The van der Waals surface area contributed by atoms with Crippen molar-refractivity contribution in [3.8, 4) is 0 Å². The third kappa shape index (κ3) is 2.77. The lowest BCUT2D eigenvalue weighted by atomic mass is 9.99. The molecule has 0 aliphatic carbocycles. The van der Waals surface area contributed by atoms with E-state index >= 15 is 0 Å². The third-order valence-electron chi connectivity index (χ3n) is 4.88. The third-order valence-corrected chi connectivity index (χ3v) is 4.88. The van der Waals surface area contributed by atoms with Crippen molar-refractivity contribution in [2.45, 2.75) is 18.6 Å². The minimum Gasteiger partial charge on any atom is -0.438 e. The first-order chi connectivity index (χ1) is 13.9. The molecule has 5 rings (SSSR count). The van der Waals surface area contributed by atoms with E-state index in [0.29, 0.717) is 29.8 Å². The molecule has 1 aliphatic rings. The van der Waals surface area contributed by atoms with Crippen LogP contribution in [0.5, 0.6) is 0 Å². The first-order valence-corrected chi connectivity index (χ1v) is 8.71. The molecule has 1 aliphatic heterocycles. The second-order valence-electron chi connectivity index (χ2n) is 6.58. The molecule has 1 atom stereocenters. The number of alkyl halides is 3. The van der Waals surface area contributed by atoms with E-state index in [1.54, 1.807) is 22.9 Å². The second kappa shape index (κ2) is 6.19. The first kappa shape index (κ1) is 17.5. The van der Waals surface area contributed by atoms with E-state index in [-0.39, 0.29) is 6.54 Å². The molecule has 0 spiro atoms. The van der Waals surface area contributed by atoms with E-state index in [4.69, 9.17) is 4.42 Å². The van der Waals surface area contributed by atoms with Gasteiger partial charge in [-0.05, 0) is 12.1 Å². The highest BCUT2D eigenvalue weighted by molar-refractivity contribution is 5.93. The number of halogens is 3. The van der Waals surface area contributed by atoms with Gasteiger partial charge >= 0.3 is 6.18 Å². The SMILES string of the molecule is O=C(c1ocnc1C(F)(F)F)N1CCc2[nH]cnc2[C@@H]1c1cn2ccccc2n1. The number of hydrogen-bond acceptors (Lipinski definition) is 5. The number of carbonyl (C=O) groups is 1. The average Bonchev–Trinajstić information content (AvgIpc) is 3.44. The van der Waals surface area contributed by atoms with Crippen molar-refractivity contribution in [1.82, 2.24) is 29.2 Å². The topological polar surface area (TPSA) is 92.3 Å². The number of hydrogen-bond donors (Lipinski definition) is 1. The summed E-state index contributed by atoms with van der Waals surface area (Å²) in [6.45, 7) is 0.171. The van der Waals surface area contributed by atoms with E-state index < -0.39 is 29.6 Å². The summed E-state index contributed by atoms with van der Waals surface area (Å²) >= 11 is 0. The van der Waals surface area contributed by atoms with Gasteiger partial charge in [-0.2, -0.15) is 13.2 Å². The Morgan fingerprint density at radius 3 is 2.93 bits per heavy atom. The molecule has 11 heteroatoms. The maximum Gasteiger partial charge on any atom is 0.437 e. The predicted molar refractivity (Wildman–Crippen MR) is 91.9 cm³/mol. The quantitative estimate of drug-likeness (QED) is 0.557. The minimum atomic E-state index is -4.80. The number of oxazole rings is 1. The molecule has 0 radical (unpaired) electrons. The van der Waals surface area contributed by atoms with Crippen LogP contribution in [0.3, 0.4) is 0 Å². The summed E-state index contributed by atoms with van der Waals surface area (Å²) in [6.07, 6.45) is 1.26. The molecule has 0 saturated carbocycles. The van der Waals surface area contributed by atoms with Crippen LogP contribution >= 0.6 is 0 Å². The van der Waals surface area contributed by atoms with Crippen LogP contribution in [0, 0.1) is 0 Å². The van der Waals surface area contributed by atoms with Crippen molar-refractivity contribution < 1.29 is 22.4 Å². The van der Waals surface area contributed by atoms with Crippen molar-refractivity contribution in [2.24, 2.45) is 0 Å². The summed E-state index contributed by atoms with van der Waals surface area (Å²) in [5, 5.41) is 0.